The third-order valence-corrected chi connectivity index (χ3v) is 5.90. The van der Waals surface area contributed by atoms with Gasteiger partial charge in [-0.05, 0) is 93.1 Å². The second-order valence-electron chi connectivity index (χ2n) is 5.90. The molecule has 0 aliphatic rings. The van der Waals surface area contributed by atoms with Gasteiger partial charge < -0.3 is 9.73 Å². The van der Waals surface area contributed by atoms with Crippen LogP contribution in [0.1, 0.15) is 10.4 Å². The van der Waals surface area contributed by atoms with E-state index in [4.69, 9.17) is 27.6 Å². The molecule has 1 aromatic heterocycles. The number of carbonyl (C=O) groups is 1. The summed E-state index contributed by atoms with van der Waals surface area (Å²) >= 11 is 17.8. The zero-order valence-corrected chi connectivity index (χ0v) is 19.2. The number of benzene rings is 3. The zero-order valence-electron chi connectivity index (χ0n) is 14.0. The third kappa shape index (κ3) is 4.05. The van der Waals surface area contributed by atoms with Crippen LogP contribution in [0.4, 0.5) is 5.69 Å². The lowest BCUT2D eigenvalue weighted by atomic mass is 10.2. The Balaban J connectivity index is 1.66. The summed E-state index contributed by atoms with van der Waals surface area (Å²) in [4.78, 5) is 17.1. The van der Waals surface area contributed by atoms with E-state index in [0.717, 1.165) is 13.6 Å². The number of aromatic nitrogens is 1. The van der Waals surface area contributed by atoms with Gasteiger partial charge in [-0.3, -0.25) is 4.79 Å². The summed E-state index contributed by atoms with van der Waals surface area (Å²) in [6, 6.07) is 15.9. The van der Waals surface area contributed by atoms with Gasteiger partial charge >= 0.3 is 0 Å². The van der Waals surface area contributed by atoms with Gasteiger partial charge in [0.25, 0.3) is 5.91 Å². The van der Waals surface area contributed by atoms with E-state index in [1.807, 2.05) is 18.2 Å². The molecule has 4 nitrogen and oxygen atoms in total. The van der Waals surface area contributed by atoms with Crippen molar-refractivity contribution >= 4 is 84.4 Å². The van der Waals surface area contributed by atoms with E-state index >= 15 is 0 Å². The molecule has 0 bridgehead atoms. The Morgan fingerprint density at radius 1 is 1.07 bits per heavy atom. The molecule has 0 radical (unpaired) electrons. The fraction of sp³-hybridized carbons (Fsp3) is 0. The number of hydrogen-bond donors (Lipinski definition) is 1. The van der Waals surface area contributed by atoms with Crippen molar-refractivity contribution in [2.75, 3.05) is 5.32 Å². The van der Waals surface area contributed by atoms with Gasteiger partial charge in [-0.25, -0.2) is 4.98 Å². The van der Waals surface area contributed by atoms with Gasteiger partial charge in [0, 0.05) is 18.8 Å². The average molecular weight is 588 g/mol. The van der Waals surface area contributed by atoms with E-state index in [9.17, 15) is 4.79 Å². The lowest BCUT2D eigenvalue weighted by molar-refractivity contribution is 0.102. The van der Waals surface area contributed by atoms with Gasteiger partial charge in [0.1, 0.15) is 5.52 Å². The van der Waals surface area contributed by atoms with Crippen LogP contribution in [0.2, 0.25) is 10.0 Å². The lowest BCUT2D eigenvalue weighted by Gasteiger charge is -2.07. The number of fused-ring (bicyclic) bond motifs is 1. The van der Waals surface area contributed by atoms with Gasteiger partial charge in [-0.1, -0.05) is 23.2 Å². The van der Waals surface area contributed by atoms with Crippen molar-refractivity contribution in [3.63, 3.8) is 0 Å². The SMILES string of the molecule is O=C(Nc1ccc2oc(-c3cc(I)ccc3Br)nc2c1)c1cc(Cl)ccc1Cl. The van der Waals surface area contributed by atoms with Crippen molar-refractivity contribution in [1.82, 2.24) is 4.98 Å². The smallest absolute Gasteiger partial charge is 0.257 e. The first kappa shape index (κ1) is 19.7. The highest BCUT2D eigenvalue weighted by molar-refractivity contribution is 14.1. The van der Waals surface area contributed by atoms with Crippen LogP contribution < -0.4 is 5.32 Å². The van der Waals surface area contributed by atoms with Crippen molar-refractivity contribution in [3.05, 3.63) is 78.2 Å². The van der Waals surface area contributed by atoms with Crippen molar-refractivity contribution < 1.29 is 9.21 Å². The molecule has 1 amide bonds. The minimum absolute atomic E-state index is 0.304. The van der Waals surface area contributed by atoms with E-state index < -0.39 is 0 Å². The van der Waals surface area contributed by atoms with Gasteiger partial charge in [0.05, 0.1) is 16.1 Å². The monoisotopic (exact) mass is 586 g/mol. The second-order valence-corrected chi connectivity index (χ2v) is 8.85. The largest absolute Gasteiger partial charge is 0.436 e. The van der Waals surface area contributed by atoms with Crippen LogP contribution in [0.3, 0.4) is 0 Å². The highest BCUT2D eigenvalue weighted by atomic mass is 127. The number of halogens is 4. The number of amides is 1. The molecule has 4 rings (SSSR count). The van der Waals surface area contributed by atoms with Crippen LogP contribution in [0, 0.1) is 3.57 Å². The normalized spacial score (nSPS) is 11.0. The van der Waals surface area contributed by atoms with Crippen LogP contribution in [0.25, 0.3) is 22.6 Å². The first-order valence-electron chi connectivity index (χ1n) is 8.03. The Morgan fingerprint density at radius 2 is 1.89 bits per heavy atom. The van der Waals surface area contributed by atoms with E-state index in [2.05, 4.69) is 48.8 Å². The first-order valence-corrected chi connectivity index (χ1v) is 10.7. The predicted octanol–water partition coefficient (Wildman–Crippen LogP) is 7.42. The summed E-state index contributed by atoms with van der Waals surface area (Å²) in [5.41, 5.74) is 3.00. The third-order valence-electron chi connectivity index (χ3n) is 3.98. The number of nitrogens with one attached hydrogen (secondary N) is 1. The quantitative estimate of drug-likeness (QED) is 0.254. The molecule has 1 heterocycles. The number of carbonyl (C=O) groups excluding carboxylic acids is 1. The number of rotatable bonds is 3. The molecule has 8 heteroatoms. The minimum atomic E-state index is -0.351. The van der Waals surface area contributed by atoms with E-state index in [0.29, 0.717) is 38.3 Å². The van der Waals surface area contributed by atoms with Crippen LogP contribution >= 0.6 is 61.7 Å². The number of oxazole rings is 1. The Hall–Kier alpha value is -1.61. The molecule has 28 heavy (non-hydrogen) atoms. The fourth-order valence-electron chi connectivity index (χ4n) is 2.65. The average Bonchev–Trinajstić information content (AvgIpc) is 3.08. The van der Waals surface area contributed by atoms with Gasteiger partial charge in [-0.15, -0.1) is 0 Å². The Kier molecular flexibility index (Phi) is 5.64. The molecule has 140 valence electrons. The highest BCUT2D eigenvalue weighted by Gasteiger charge is 2.15. The fourth-order valence-corrected chi connectivity index (χ4v) is 3.93. The molecule has 0 aliphatic heterocycles. The molecular formula is C20H10BrCl2IN2O2. The molecule has 0 saturated heterocycles. The summed E-state index contributed by atoms with van der Waals surface area (Å²) in [5, 5.41) is 3.58. The first-order chi connectivity index (χ1) is 13.4. The van der Waals surface area contributed by atoms with Crippen LogP contribution in [-0.2, 0) is 0 Å². The topological polar surface area (TPSA) is 55.1 Å². The highest BCUT2D eigenvalue weighted by Crippen LogP contribution is 2.32. The summed E-state index contributed by atoms with van der Waals surface area (Å²) in [7, 11) is 0. The van der Waals surface area contributed by atoms with Gasteiger partial charge in [-0.2, -0.15) is 0 Å². The van der Waals surface area contributed by atoms with Crippen molar-refractivity contribution in [3.8, 4) is 11.5 Å². The maximum absolute atomic E-state index is 12.5. The molecule has 0 spiro atoms. The minimum Gasteiger partial charge on any atom is -0.436 e. The number of anilines is 1. The van der Waals surface area contributed by atoms with Gasteiger partial charge in [0.2, 0.25) is 5.89 Å². The van der Waals surface area contributed by atoms with Crippen molar-refractivity contribution in [2.45, 2.75) is 0 Å². The van der Waals surface area contributed by atoms with Crippen LogP contribution in [0.5, 0.6) is 0 Å². The summed E-state index contributed by atoms with van der Waals surface area (Å²) in [6.45, 7) is 0. The summed E-state index contributed by atoms with van der Waals surface area (Å²) < 4.78 is 7.84. The van der Waals surface area contributed by atoms with Crippen molar-refractivity contribution in [2.24, 2.45) is 0 Å². The van der Waals surface area contributed by atoms with E-state index in [-0.39, 0.29) is 5.91 Å². The summed E-state index contributed by atoms with van der Waals surface area (Å²) in [5.74, 6) is 0.151. The molecule has 0 fully saturated rings. The lowest BCUT2D eigenvalue weighted by Crippen LogP contribution is -2.12. The predicted molar refractivity (Wildman–Crippen MR) is 124 cm³/mol. The maximum atomic E-state index is 12.5. The van der Waals surface area contributed by atoms with Crippen LogP contribution in [0.15, 0.2) is 63.5 Å². The molecular weight excluding hydrogens is 578 g/mol. The molecule has 1 N–H and O–H groups in total. The Morgan fingerprint density at radius 3 is 2.71 bits per heavy atom. The van der Waals surface area contributed by atoms with Crippen molar-refractivity contribution in [1.29, 1.82) is 0 Å². The molecule has 0 aliphatic carbocycles. The zero-order chi connectivity index (χ0) is 19.8. The Bertz CT molecular complexity index is 1230. The van der Waals surface area contributed by atoms with Gasteiger partial charge in [0.15, 0.2) is 5.58 Å². The summed E-state index contributed by atoms with van der Waals surface area (Å²) in [6.07, 6.45) is 0. The molecule has 3 aromatic carbocycles. The standard InChI is InChI=1S/C20H10BrCl2IN2O2/c21-15-4-2-11(24)8-13(15)20-26-17-9-12(3-6-18(17)28-20)25-19(27)14-7-10(22)1-5-16(14)23/h1-9H,(H,25,27). The maximum Gasteiger partial charge on any atom is 0.257 e. The Labute approximate surface area is 192 Å². The van der Waals surface area contributed by atoms with E-state index in [1.165, 1.54) is 6.07 Å². The molecule has 4 aromatic rings. The molecule has 0 atom stereocenters. The molecule has 0 saturated carbocycles. The molecule has 0 unspecified atom stereocenters. The second kappa shape index (κ2) is 8.02. The van der Waals surface area contributed by atoms with Crippen LogP contribution in [-0.4, -0.2) is 10.9 Å². The number of nitrogens with zero attached hydrogens (tertiary/aromatic N) is 1. The van der Waals surface area contributed by atoms with E-state index in [1.54, 1.807) is 30.3 Å². The number of hydrogen-bond acceptors (Lipinski definition) is 3.